The van der Waals surface area contributed by atoms with Gasteiger partial charge in [-0.2, -0.15) is 5.10 Å². The molecule has 0 unspecified atom stereocenters. The predicted molar refractivity (Wildman–Crippen MR) is 109 cm³/mol. The van der Waals surface area contributed by atoms with E-state index in [-0.39, 0.29) is 6.10 Å². The Kier molecular flexibility index (Phi) is 4.91. The van der Waals surface area contributed by atoms with Gasteiger partial charge in [0.15, 0.2) is 0 Å². The summed E-state index contributed by atoms with van der Waals surface area (Å²) in [6.45, 7) is 2.04. The average Bonchev–Trinajstić information content (AvgIpc) is 3.04. The van der Waals surface area contributed by atoms with Gasteiger partial charge in [-0.1, -0.05) is 41.4 Å². The molecule has 0 amide bonds. The number of hydrogen-bond donors (Lipinski definition) is 1. The van der Waals surface area contributed by atoms with Crippen molar-refractivity contribution in [3.8, 4) is 22.7 Å². The molecule has 0 spiro atoms. The molecule has 1 aliphatic rings. The zero-order chi connectivity index (χ0) is 19.9. The molecule has 28 heavy (non-hydrogen) atoms. The third-order valence-electron chi connectivity index (χ3n) is 5.37. The molecule has 6 heteroatoms. The van der Waals surface area contributed by atoms with Crippen molar-refractivity contribution in [3.05, 3.63) is 64.8 Å². The lowest BCUT2D eigenvalue weighted by Crippen LogP contribution is -2.46. The highest BCUT2D eigenvalue weighted by Crippen LogP contribution is 2.47. The first-order chi connectivity index (χ1) is 13.4. The monoisotopic (exact) mass is 398 g/mol. The van der Waals surface area contributed by atoms with Crippen LogP contribution in [0.15, 0.2) is 48.5 Å². The highest BCUT2D eigenvalue weighted by atomic mass is 35.5. The number of rotatable bonds is 5. The molecule has 1 aliphatic carbocycles. The number of methoxy groups -OCH3 is 2. The van der Waals surface area contributed by atoms with Gasteiger partial charge in [0, 0.05) is 25.5 Å². The molecule has 0 atom stereocenters. The molecule has 146 valence electrons. The molecule has 1 heterocycles. The molecule has 1 aromatic heterocycles. The Morgan fingerprint density at radius 2 is 1.71 bits per heavy atom. The molecule has 2 aromatic carbocycles. The summed E-state index contributed by atoms with van der Waals surface area (Å²) in [6.07, 6.45) is 0.988. The van der Waals surface area contributed by atoms with Crippen LogP contribution in [-0.2, 0) is 10.3 Å². The summed E-state index contributed by atoms with van der Waals surface area (Å²) in [5.41, 5.74) is 3.13. The van der Waals surface area contributed by atoms with Gasteiger partial charge in [0.05, 0.1) is 29.6 Å². The second-order valence-corrected chi connectivity index (χ2v) is 7.66. The Hall–Kier alpha value is -2.34. The van der Waals surface area contributed by atoms with E-state index in [1.807, 2.05) is 55.5 Å². The molecule has 0 saturated heterocycles. The maximum atomic E-state index is 11.1. The third-order valence-corrected chi connectivity index (χ3v) is 5.73. The van der Waals surface area contributed by atoms with Gasteiger partial charge in [0.1, 0.15) is 17.0 Å². The van der Waals surface area contributed by atoms with Gasteiger partial charge in [-0.15, -0.1) is 0 Å². The largest absolute Gasteiger partial charge is 0.497 e. The number of aromatic nitrogens is 2. The smallest absolute Gasteiger partial charge is 0.119 e. The van der Waals surface area contributed by atoms with E-state index >= 15 is 0 Å². The van der Waals surface area contributed by atoms with Gasteiger partial charge < -0.3 is 14.6 Å². The highest BCUT2D eigenvalue weighted by molar-refractivity contribution is 6.34. The second kappa shape index (κ2) is 7.24. The molecule has 3 aromatic rings. The number of nitrogens with zero attached hydrogens (tertiary/aromatic N) is 2. The van der Waals surface area contributed by atoms with Crippen LogP contribution in [0, 0.1) is 6.92 Å². The van der Waals surface area contributed by atoms with E-state index in [1.54, 1.807) is 18.9 Å². The van der Waals surface area contributed by atoms with E-state index in [1.165, 1.54) is 0 Å². The molecule has 4 rings (SSSR count). The zero-order valence-electron chi connectivity index (χ0n) is 16.1. The minimum absolute atomic E-state index is 0.0232. The maximum absolute atomic E-state index is 11.1. The van der Waals surface area contributed by atoms with Gasteiger partial charge in [-0.3, -0.25) is 0 Å². The Balaban J connectivity index is 1.85. The van der Waals surface area contributed by atoms with Crippen molar-refractivity contribution in [1.82, 2.24) is 9.78 Å². The highest BCUT2D eigenvalue weighted by Gasteiger charge is 2.48. The van der Waals surface area contributed by atoms with Crippen LogP contribution in [0.5, 0.6) is 5.75 Å². The normalized spacial score (nSPS) is 21.4. The van der Waals surface area contributed by atoms with Gasteiger partial charge in [-0.25, -0.2) is 4.68 Å². The molecular weight excluding hydrogens is 376 g/mol. The number of aryl methyl sites for hydroxylation is 1. The van der Waals surface area contributed by atoms with Crippen molar-refractivity contribution in [1.29, 1.82) is 0 Å². The Morgan fingerprint density at radius 3 is 2.29 bits per heavy atom. The lowest BCUT2D eigenvalue weighted by Gasteiger charge is -2.41. The van der Waals surface area contributed by atoms with Crippen LogP contribution < -0.4 is 4.74 Å². The number of halogens is 1. The second-order valence-electron chi connectivity index (χ2n) is 7.28. The van der Waals surface area contributed by atoms with Gasteiger partial charge in [-0.05, 0) is 31.2 Å². The van der Waals surface area contributed by atoms with Crippen LogP contribution in [-0.4, -0.2) is 35.2 Å². The number of hydrogen-bond acceptors (Lipinski definition) is 4. The zero-order valence-corrected chi connectivity index (χ0v) is 16.9. The fraction of sp³-hybridized carbons (Fsp3) is 0.318. The van der Waals surface area contributed by atoms with Crippen molar-refractivity contribution in [3.63, 3.8) is 0 Å². The fourth-order valence-electron chi connectivity index (χ4n) is 3.62. The fourth-order valence-corrected chi connectivity index (χ4v) is 4.02. The first kappa shape index (κ1) is 19.0. The standard InChI is InChI=1S/C22H23ClN2O3/c1-14-4-6-15(7-5-14)20-19(23)21(22(26)12-18(13-22)28-3)24-25(20)16-8-10-17(27-2)11-9-16/h4-11,18,26H,12-13H2,1-3H3. The van der Waals surface area contributed by atoms with E-state index in [9.17, 15) is 5.11 Å². The molecule has 5 nitrogen and oxygen atoms in total. The Bertz CT molecular complexity index is 974. The van der Waals surface area contributed by atoms with Gasteiger partial charge in [0.2, 0.25) is 0 Å². The van der Waals surface area contributed by atoms with Crippen LogP contribution in [0.25, 0.3) is 16.9 Å². The number of benzene rings is 2. The SMILES string of the molecule is COc1ccc(-n2nc(C3(O)CC(OC)C3)c(Cl)c2-c2ccc(C)cc2)cc1. The van der Waals surface area contributed by atoms with Crippen molar-refractivity contribution in [2.24, 2.45) is 0 Å². The number of ether oxygens (including phenoxy) is 2. The molecule has 1 fully saturated rings. The lowest BCUT2D eigenvalue weighted by molar-refractivity contribution is -0.135. The molecular formula is C22H23ClN2O3. The minimum atomic E-state index is -1.07. The van der Waals surface area contributed by atoms with Crippen molar-refractivity contribution < 1.29 is 14.6 Å². The van der Waals surface area contributed by atoms with Crippen LogP contribution in [0.1, 0.15) is 24.1 Å². The van der Waals surface area contributed by atoms with Crippen molar-refractivity contribution in [2.75, 3.05) is 14.2 Å². The van der Waals surface area contributed by atoms with E-state index in [4.69, 9.17) is 26.2 Å². The molecule has 0 bridgehead atoms. The molecule has 0 aliphatic heterocycles. The number of aliphatic hydroxyl groups is 1. The van der Waals surface area contributed by atoms with Crippen LogP contribution in [0.2, 0.25) is 5.02 Å². The summed E-state index contributed by atoms with van der Waals surface area (Å²) in [6, 6.07) is 15.7. The molecule has 1 saturated carbocycles. The van der Waals surface area contributed by atoms with E-state index < -0.39 is 5.60 Å². The topological polar surface area (TPSA) is 56.5 Å². The van der Waals surface area contributed by atoms with E-state index in [0.717, 1.165) is 28.3 Å². The first-order valence-electron chi connectivity index (χ1n) is 9.21. The van der Waals surface area contributed by atoms with E-state index in [2.05, 4.69) is 0 Å². The quantitative estimate of drug-likeness (QED) is 0.687. The maximum Gasteiger partial charge on any atom is 0.119 e. The average molecular weight is 399 g/mol. The lowest BCUT2D eigenvalue weighted by atomic mass is 9.75. The summed E-state index contributed by atoms with van der Waals surface area (Å²) >= 11 is 6.79. The summed E-state index contributed by atoms with van der Waals surface area (Å²) in [7, 11) is 3.29. The molecule has 1 N–H and O–H groups in total. The van der Waals surface area contributed by atoms with Crippen LogP contribution >= 0.6 is 11.6 Å². The van der Waals surface area contributed by atoms with Crippen molar-refractivity contribution in [2.45, 2.75) is 31.5 Å². The van der Waals surface area contributed by atoms with Gasteiger partial charge in [0.25, 0.3) is 0 Å². The summed E-state index contributed by atoms with van der Waals surface area (Å²) in [5, 5.41) is 16.3. The van der Waals surface area contributed by atoms with E-state index in [0.29, 0.717) is 23.6 Å². The summed E-state index contributed by atoms with van der Waals surface area (Å²) in [5.74, 6) is 0.764. The predicted octanol–water partition coefficient (Wildman–Crippen LogP) is 4.51. The summed E-state index contributed by atoms with van der Waals surface area (Å²) in [4.78, 5) is 0. The summed E-state index contributed by atoms with van der Waals surface area (Å²) < 4.78 is 12.4. The Morgan fingerprint density at radius 1 is 1.07 bits per heavy atom. The first-order valence-corrected chi connectivity index (χ1v) is 9.58. The Labute approximate surface area is 169 Å². The third kappa shape index (κ3) is 3.20. The minimum Gasteiger partial charge on any atom is -0.497 e. The van der Waals surface area contributed by atoms with Gasteiger partial charge >= 0.3 is 0 Å². The van der Waals surface area contributed by atoms with Crippen LogP contribution in [0.4, 0.5) is 0 Å². The molecule has 0 radical (unpaired) electrons. The van der Waals surface area contributed by atoms with Crippen LogP contribution in [0.3, 0.4) is 0 Å². The van der Waals surface area contributed by atoms with Crippen molar-refractivity contribution >= 4 is 11.6 Å².